The molecular formula is C11H27NO. The Balaban J connectivity index is 0. The van der Waals surface area contributed by atoms with E-state index in [-0.39, 0.29) is 6.04 Å². The van der Waals surface area contributed by atoms with Crippen LogP contribution in [0.5, 0.6) is 0 Å². The Morgan fingerprint density at radius 3 is 1.85 bits per heavy atom. The molecule has 2 unspecified atom stereocenters. The molecule has 0 aliphatic heterocycles. The van der Waals surface area contributed by atoms with E-state index < -0.39 is 0 Å². The van der Waals surface area contributed by atoms with Gasteiger partial charge < -0.3 is 10.5 Å². The molecule has 2 nitrogen and oxygen atoms in total. The Morgan fingerprint density at radius 2 is 1.54 bits per heavy atom. The molecule has 0 saturated carbocycles. The quantitative estimate of drug-likeness (QED) is 0.722. The van der Waals surface area contributed by atoms with E-state index in [2.05, 4.69) is 20.8 Å². The van der Waals surface area contributed by atoms with E-state index in [1.807, 2.05) is 20.8 Å². The largest absolute Gasteiger partial charge is 0.378 e. The Morgan fingerprint density at radius 1 is 1.08 bits per heavy atom. The van der Waals surface area contributed by atoms with Crippen molar-refractivity contribution in [2.75, 3.05) is 6.61 Å². The molecule has 0 radical (unpaired) electrons. The van der Waals surface area contributed by atoms with Gasteiger partial charge in [0.1, 0.15) is 0 Å². The number of hydrogen-bond donors (Lipinski definition) is 1. The third-order valence-electron chi connectivity index (χ3n) is 1.42. The van der Waals surface area contributed by atoms with Crippen LogP contribution in [0.25, 0.3) is 0 Å². The van der Waals surface area contributed by atoms with Crippen LogP contribution in [-0.4, -0.2) is 18.8 Å². The monoisotopic (exact) mass is 189 g/mol. The molecule has 82 valence electrons. The lowest BCUT2D eigenvalue weighted by Crippen LogP contribution is -2.23. The average molecular weight is 189 g/mol. The lowest BCUT2D eigenvalue weighted by atomic mass is 10.2. The molecule has 0 saturated heterocycles. The van der Waals surface area contributed by atoms with Crippen LogP contribution in [-0.2, 0) is 4.74 Å². The van der Waals surface area contributed by atoms with Crippen molar-refractivity contribution in [1.82, 2.24) is 0 Å². The van der Waals surface area contributed by atoms with Crippen LogP contribution in [0.1, 0.15) is 48.0 Å². The number of nitrogens with two attached hydrogens (primary N) is 1. The van der Waals surface area contributed by atoms with Gasteiger partial charge in [-0.25, -0.2) is 0 Å². The lowest BCUT2D eigenvalue weighted by Gasteiger charge is -2.16. The molecule has 0 aromatic carbocycles. The number of rotatable bonds is 5. The van der Waals surface area contributed by atoms with Gasteiger partial charge in [-0.05, 0) is 26.2 Å². The predicted molar refractivity (Wildman–Crippen MR) is 59.9 cm³/mol. The van der Waals surface area contributed by atoms with Crippen molar-refractivity contribution in [2.24, 2.45) is 11.7 Å². The average Bonchev–Trinajstić information content (AvgIpc) is 2.03. The first kappa shape index (κ1) is 15.4. The van der Waals surface area contributed by atoms with E-state index in [1.165, 1.54) is 0 Å². The summed E-state index contributed by atoms with van der Waals surface area (Å²) in [7, 11) is 0. The van der Waals surface area contributed by atoms with Gasteiger partial charge in [-0.3, -0.25) is 0 Å². The van der Waals surface area contributed by atoms with Crippen LogP contribution >= 0.6 is 0 Å². The second-order valence-corrected chi connectivity index (χ2v) is 3.75. The molecule has 0 bridgehead atoms. The molecule has 0 rings (SSSR count). The van der Waals surface area contributed by atoms with Gasteiger partial charge in [-0.2, -0.15) is 0 Å². The van der Waals surface area contributed by atoms with E-state index in [4.69, 9.17) is 10.5 Å². The molecule has 0 fully saturated rings. The summed E-state index contributed by atoms with van der Waals surface area (Å²) in [6.07, 6.45) is 1.25. The van der Waals surface area contributed by atoms with E-state index in [0.717, 1.165) is 13.0 Å². The third-order valence-corrected chi connectivity index (χ3v) is 1.42. The van der Waals surface area contributed by atoms with Crippen molar-refractivity contribution in [2.45, 2.75) is 60.1 Å². The van der Waals surface area contributed by atoms with Gasteiger partial charge in [-0.1, -0.05) is 27.7 Å². The van der Waals surface area contributed by atoms with E-state index in [0.29, 0.717) is 12.0 Å². The highest BCUT2D eigenvalue weighted by Crippen LogP contribution is 2.02. The van der Waals surface area contributed by atoms with Crippen molar-refractivity contribution in [3.63, 3.8) is 0 Å². The molecule has 0 aromatic heterocycles. The second-order valence-electron chi connectivity index (χ2n) is 3.75. The topological polar surface area (TPSA) is 35.2 Å². The summed E-state index contributed by atoms with van der Waals surface area (Å²) in [5, 5.41) is 0. The van der Waals surface area contributed by atoms with Crippen LogP contribution in [0, 0.1) is 5.92 Å². The normalized spacial score (nSPS) is 14.8. The SMILES string of the molecule is CC.CC(C)COC(C)CC(C)N. The summed E-state index contributed by atoms with van der Waals surface area (Å²) in [5.74, 6) is 0.616. The Hall–Kier alpha value is -0.0800. The zero-order valence-corrected chi connectivity index (χ0v) is 10.1. The first-order valence-corrected chi connectivity index (χ1v) is 5.39. The minimum Gasteiger partial charge on any atom is -0.378 e. The fraction of sp³-hybridized carbons (Fsp3) is 1.00. The summed E-state index contributed by atoms with van der Waals surface area (Å²) in [4.78, 5) is 0. The van der Waals surface area contributed by atoms with Crippen molar-refractivity contribution in [3.05, 3.63) is 0 Å². The van der Waals surface area contributed by atoms with Crippen LogP contribution in [0.3, 0.4) is 0 Å². The molecule has 0 aliphatic carbocycles. The maximum Gasteiger partial charge on any atom is 0.0561 e. The predicted octanol–water partition coefficient (Wildman–Crippen LogP) is 2.81. The van der Waals surface area contributed by atoms with E-state index in [1.54, 1.807) is 0 Å². The number of ether oxygens (including phenoxy) is 1. The molecule has 0 aliphatic rings. The highest BCUT2D eigenvalue weighted by Gasteiger charge is 2.05. The molecule has 2 N–H and O–H groups in total. The van der Waals surface area contributed by atoms with Gasteiger partial charge in [0.2, 0.25) is 0 Å². The molecule has 0 aromatic rings. The number of hydrogen-bond acceptors (Lipinski definition) is 2. The van der Waals surface area contributed by atoms with Crippen molar-refractivity contribution in [1.29, 1.82) is 0 Å². The van der Waals surface area contributed by atoms with Crippen molar-refractivity contribution < 1.29 is 4.74 Å². The minimum absolute atomic E-state index is 0.247. The maximum atomic E-state index is 5.62. The van der Waals surface area contributed by atoms with Gasteiger partial charge >= 0.3 is 0 Å². The summed E-state index contributed by atoms with van der Waals surface area (Å²) in [6, 6.07) is 0.247. The zero-order valence-electron chi connectivity index (χ0n) is 10.1. The van der Waals surface area contributed by atoms with Gasteiger partial charge in [0.05, 0.1) is 6.10 Å². The molecule has 2 atom stereocenters. The molecule has 0 spiro atoms. The highest BCUT2D eigenvalue weighted by molar-refractivity contribution is 4.59. The van der Waals surface area contributed by atoms with E-state index in [9.17, 15) is 0 Å². The first-order chi connectivity index (χ1) is 6.02. The first-order valence-electron chi connectivity index (χ1n) is 5.39. The molecular weight excluding hydrogens is 162 g/mol. The van der Waals surface area contributed by atoms with Crippen LogP contribution < -0.4 is 5.73 Å². The fourth-order valence-corrected chi connectivity index (χ4v) is 0.948. The Kier molecular flexibility index (Phi) is 11.8. The Bertz CT molecular complexity index is 92.1. The standard InChI is InChI=1S/C9H21NO.C2H6/c1-7(2)6-11-9(4)5-8(3)10;1-2/h7-9H,5-6,10H2,1-4H3;1-2H3. The van der Waals surface area contributed by atoms with Crippen molar-refractivity contribution >= 4 is 0 Å². The van der Waals surface area contributed by atoms with Gasteiger partial charge in [0.25, 0.3) is 0 Å². The van der Waals surface area contributed by atoms with Crippen LogP contribution in [0.4, 0.5) is 0 Å². The summed E-state index contributed by atoms with van der Waals surface area (Å²) < 4.78 is 5.53. The fourth-order valence-electron chi connectivity index (χ4n) is 0.948. The van der Waals surface area contributed by atoms with E-state index >= 15 is 0 Å². The Labute approximate surface area is 83.8 Å². The summed E-state index contributed by atoms with van der Waals surface area (Å²) in [5.41, 5.74) is 5.62. The zero-order chi connectivity index (χ0) is 10.9. The highest BCUT2D eigenvalue weighted by atomic mass is 16.5. The molecule has 13 heavy (non-hydrogen) atoms. The van der Waals surface area contributed by atoms with Crippen LogP contribution in [0.2, 0.25) is 0 Å². The smallest absolute Gasteiger partial charge is 0.0561 e. The minimum atomic E-state index is 0.247. The second kappa shape index (κ2) is 10.0. The summed E-state index contributed by atoms with van der Waals surface area (Å²) in [6.45, 7) is 13.2. The van der Waals surface area contributed by atoms with Gasteiger partial charge in [0.15, 0.2) is 0 Å². The molecule has 0 amide bonds. The van der Waals surface area contributed by atoms with Crippen molar-refractivity contribution in [3.8, 4) is 0 Å². The molecule has 2 heteroatoms. The van der Waals surface area contributed by atoms with Gasteiger partial charge in [-0.15, -0.1) is 0 Å². The maximum absolute atomic E-state index is 5.62. The molecule has 0 heterocycles. The van der Waals surface area contributed by atoms with Crippen LogP contribution in [0.15, 0.2) is 0 Å². The lowest BCUT2D eigenvalue weighted by molar-refractivity contribution is 0.0395. The summed E-state index contributed by atoms with van der Waals surface area (Å²) >= 11 is 0. The van der Waals surface area contributed by atoms with Gasteiger partial charge in [0, 0.05) is 12.6 Å². The third kappa shape index (κ3) is 14.7.